The molecule has 1 aliphatic carbocycles. The van der Waals surface area contributed by atoms with Gasteiger partial charge in [0, 0.05) is 11.3 Å². The fraction of sp³-hybridized carbons (Fsp3) is 0.375. The van der Waals surface area contributed by atoms with E-state index in [0.29, 0.717) is 16.7 Å². The van der Waals surface area contributed by atoms with Crippen molar-refractivity contribution in [1.82, 2.24) is 15.2 Å². The molecule has 1 fully saturated rings. The first-order valence-corrected chi connectivity index (χ1v) is 10.5. The zero-order valence-electron chi connectivity index (χ0n) is 12.9. The molecule has 3 aromatic rings. The molecule has 3 heterocycles. The molecule has 24 heavy (non-hydrogen) atoms. The lowest BCUT2D eigenvalue weighted by molar-refractivity contribution is 0.102. The van der Waals surface area contributed by atoms with Gasteiger partial charge >= 0.3 is 0 Å². The van der Waals surface area contributed by atoms with Crippen LogP contribution in [0.1, 0.15) is 53.5 Å². The second kappa shape index (κ2) is 7.08. The molecule has 4 rings (SSSR count). The Morgan fingerprint density at radius 2 is 2.04 bits per heavy atom. The van der Waals surface area contributed by atoms with Gasteiger partial charge in [0.25, 0.3) is 5.91 Å². The molecule has 0 bridgehead atoms. The number of carbonyl (C=O) groups is 1. The van der Waals surface area contributed by atoms with Crippen molar-refractivity contribution in [3.05, 3.63) is 33.6 Å². The van der Waals surface area contributed by atoms with Crippen molar-refractivity contribution in [2.75, 3.05) is 5.32 Å². The SMILES string of the molecule is O=C(Nc1nnc(C2CCCCC2)s1)c1csc(-c2cccs2)n1. The molecule has 3 aromatic heterocycles. The van der Waals surface area contributed by atoms with Crippen LogP contribution in [-0.2, 0) is 0 Å². The number of carbonyl (C=O) groups excluding carboxylic acids is 1. The Bertz CT molecular complexity index is 818. The maximum Gasteiger partial charge on any atom is 0.276 e. The highest BCUT2D eigenvalue weighted by atomic mass is 32.1. The van der Waals surface area contributed by atoms with Gasteiger partial charge in [0.05, 0.1) is 4.88 Å². The molecule has 0 saturated heterocycles. The summed E-state index contributed by atoms with van der Waals surface area (Å²) >= 11 is 4.59. The third-order valence-corrected chi connectivity index (χ3v) is 6.97. The number of aromatic nitrogens is 3. The van der Waals surface area contributed by atoms with E-state index in [-0.39, 0.29) is 5.91 Å². The van der Waals surface area contributed by atoms with Crippen LogP contribution in [0, 0.1) is 0 Å². The lowest BCUT2D eigenvalue weighted by Crippen LogP contribution is -2.12. The molecule has 0 aromatic carbocycles. The van der Waals surface area contributed by atoms with E-state index in [2.05, 4.69) is 20.5 Å². The molecule has 1 N–H and O–H groups in total. The van der Waals surface area contributed by atoms with E-state index in [9.17, 15) is 4.79 Å². The van der Waals surface area contributed by atoms with Crippen LogP contribution in [0.15, 0.2) is 22.9 Å². The van der Waals surface area contributed by atoms with Gasteiger partial charge in [-0.3, -0.25) is 10.1 Å². The number of anilines is 1. The zero-order valence-corrected chi connectivity index (χ0v) is 15.3. The maximum absolute atomic E-state index is 12.4. The normalized spacial score (nSPS) is 15.5. The van der Waals surface area contributed by atoms with Crippen molar-refractivity contribution >= 4 is 45.0 Å². The molecule has 1 aliphatic rings. The minimum Gasteiger partial charge on any atom is -0.295 e. The zero-order chi connectivity index (χ0) is 16.4. The van der Waals surface area contributed by atoms with E-state index in [1.165, 1.54) is 54.8 Å². The first-order valence-electron chi connectivity index (χ1n) is 7.94. The first kappa shape index (κ1) is 15.9. The van der Waals surface area contributed by atoms with E-state index in [1.54, 1.807) is 16.7 Å². The smallest absolute Gasteiger partial charge is 0.276 e. The van der Waals surface area contributed by atoms with Crippen molar-refractivity contribution in [1.29, 1.82) is 0 Å². The van der Waals surface area contributed by atoms with Crippen molar-refractivity contribution in [2.45, 2.75) is 38.0 Å². The van der Waals surface area contributed by atoms with Crippen LogP contribution in [0.2, 0.25) is 0 Å². The summed E-state index contributed by atoms with van der Waals surface area (Å²) < 4.78 is 0. The Balaban J connectivity index is 1.43. The highest BCUT2D eigenvalue weighted by Crippen LogP contribution is 2.35. The Morgan fingerprint density at radius 3 is 2.83 bits per heavy atom. The van der Waals surface area contributed by atoms with Gasteiger partial charge < -0.3 is 0 Å². The van der Waals surface area contributed by atoms with Gasteiger partial charge in [-0.2, -0.15) is 0 Å². The molecular weight excluding hydrogens is 360 g/mol. The minimum absolute atomic E-state index is 0.222. The van der Waals surface area contributed by atoms with Crippen LogP contribution in [0.3, 0.4) is 0 Å². The largest absolute Gasteiger partial charge is 0.295 e. The summed E-state index contributed by atoms with van der Waals surface area (Å²) in [5.74, 6) is 0.284. The molecule has 0 aliphatic heterocycles. The minimum atomic E-state index is -0.222. The fourth-order valence-corrected chi connectivity index (χ4v) is 5.37. The number of thiazole rings is 1. The van der Waals surface area contributed by atoms with Crippen LogP contribution in [0.25, 0.3) is 9.88 Å². The Labute approximate surface area is 151 Å². The summed E-state index contributed by atoms with van der Waals surface area (Å²) in [5, 5.41) is 17.5. The summed E-state index contributed by atoms with van der Waals surface area (Å²) in [6.45, 7) is 0. The number of hydrogen-bond acceptors (Lipinski definition) is 7. The van der Waals surface area contributed by atoms with Gasteiger partial charge in [0.2, 0.25) is 5.13 Å². The summed E-state index contributed by atoms with van der Waals surface area (Å²) in [5.41, 5.74) is 0.429. The third kappa shape index (κ3) is 3.40. The van der Waals surface area contributed by atoms with Crippen LogP contribution in [0.4, 0.5) is 5.13 Å². The van der Waals surface area contributed by atoms with Gasteiger partial charge in [0.1, 0.15) is 15.7 Å². The maximum atomic E-state index is 12.4. The standard InChI is InChI=1S/C16H16N4OS3/c21-13(11-9-23-15(17-11)12-7-4-8-22-12)18-16-20-19-14(24-16)10-5-2-1-3-6-10/h4,7-10H,1-3,5-6H2,(H,18,20,21). The second-order valence-corrected chi connectivity index (χ2v) is 8.56. The molecule has 5 nitrogen and oxygen atoms in total. The number of nitrogens with zero attached hydrogens (tertiary/aromatic N) is 3. The van der Waals surface area contributed by atoms with Crippen molar-refractivity contribution in [3.8, 4) is 9.88 Å². The number of amides is 1. The Kier molecular flexibility index (Phi) is 4.68. The monoisotopic (exact) mass is 376 g/mol. The average Bonchev–Trinajstić information content (AvgIpc) is 3.36. The topological polar surface area (TPSA) is 67.8 Å². The summed E-state index contributed by atoms with van der Waals surface area (Å²) in [6.07, 6.45) is 6.19. The van der Waals surface area contributed by atoms with E-state index >= 15 is 0 Å². The van der Waals surface area contributed by atoms with Crippen molar-refractivity contribution in [2.24, 2.45) is 0 Å². The lowest BCUT2D eigenvalue weighted by Gasteiger charge is -2.18. The van der Waals surface area contributed by atoms with Gasteiger partial charge in [-0.15, -0.1) is 32.9 Å². The highest BCUT2D eigenvalue weighted by molar-refractivity contribution is 7.20. The summed E-state index contributed by atoms with van der Waals surface area (Å²) in [6, 6.07) is 3.99. The van der Waals surface area contributed by atoms with Crippen molar-refractivity contribution < 1.29 is 4.79 Å². The van der Waals surface area contributed by atoms with Crippen LogP contribution >= 0.6 is 34.0 Å². The van der Waals surface area contributed by atoms with Crippen LogP contribution in [0.5, 0.6) is 0 Å². The van der Waals surface area contributed by atoms with Gasteiger partial charge in [-0.1, -0.05) is 36.7 Å². The molecule has 8 heteroatoms. The van der Waals surface area contributed by atoms with E-state index in [4.69, 9.17) is 0 Å². The molecule has 1 saturated carbocycles. The number of nitrogens with one attached hydrogen (secondary N) is 1. The quantitative estimate of drug-likeness (QED) is 0.694. The molecular formula is C16H16N4OS3. The summed E-state index contributed by atoms with van der Waals surface area (Å²) in [4.78, 5) is 17.9. The van der Waals surface area contributed by atoms with E-state index in [1.807, 2.05) is 17.5 Å². The molecule has 0 unspecified atom stereocenters. The van der Waals surface area contributed by atoms with Gasteiger partial charge in [-0.25, -0.2) is 4.98 Å². The average molecular weight is 377 g/mol. The Morgan fingerprint density at radius 1 is 1.17 bits per heavy atom. The summed E-state index contributed by atoms with van der Waals surface area (Å²) in [7, 11) is 0. The van der Waals surface area contributed by atoms with E-state index < -0.39 is 0 Å². The molecule has 1 amide bonds. The molecule has 0 spiro atoms. The third-order valence-electron chi connectivity index (χ3n) is 4.08. The molecule has 0 atom stereocenters. The Hall–Kier alpha value is -1.64. The second-order valence-electron chi connectivity index (χ2n) is 5.75. The number of hydrogen-bond donors (Lipinski definition) is 1. The predicted molar refractivity (Wildman–Crippen MR) is 99.1 cm³/mol. The number of thiophene rings is 1. The molecule has 124 valence electrons. The van der Waals surface area contributed by atoms with Gasteiger partial charge in [-0.05, 0) is 24.3 Å². The van der Waals surface area contributed by atoms with E-state index in [0.717, 1.165) is 14.9 Å². The fourth-order valence-electron chi connectivity index (χ4n) is 2.85. The van der Waals surface area contributed by atoms with Crippen LogP contribution < -0.4 is 5.32 Å². The van der Waals surface area contributed by atoms with Crippen molar-refractivity contribution in [3.63, 3.8) is 0 Å². The lowest BCUT2D eigenvalue weighted by atomic mass is 9.90. The molecule has 0 radical (unpaired) electrons. The highest BCUT2D eigenvalue weighted by Gasteiger charge is 2.21. The first-order chi connectivity index (χ1) is 11.8. The van der Waals surface area contributed by atoms with Crippen LogP contribution in [-0.4, -0.2) is 21.1 Å². The predicted octanol–water partition coefficient (Wildman–Crippen LogP) is 5.02. The number of rotatable bonds is 4. The van der Waals surface area contributed by atoms with Gasteiger partial charge in [0.15, 0.2) is 0 Å².